The number of carboxylic acids is 1. The molecular weight excluding hydrogens is 201 g/mol. The van der Waals surface area contributed by atoms with Crippen molar-refractivity contribution in [1.82, 2.24) is 0 Å². The highest BCUT2D eigenvalue weighted by Crippen LogP contribution is 2.20. The van der Waals surface area contributed by atoms with Gasteiger partial charge >= 0.3 is 5.97 Å². The molecule has 0 heterocycles. The van der Waals surface area contributed by atoms with E-state index in [1.54, 1.807) is 6.07 Å². The van der Waals surface area contributed by atoms with Crippen LogP contribution in [-0.4, -0.2) is 22.2 Å². The van der Waals surface area contributed by atoms with Crippen LogP contribution in [0, 0.1) is 5.82 Å². The normalized spacial score (nSPS) is 14.6. The highest BCUT2D eigenvalue weighted by Gasteiger charge is 2.19. The summed E-state index contributed by atoms with van der Waals surface area (Å²) in [5.41, 5.74) is 5.29. The number of hydrogen-bond donors (Lipinski definition) is 3. The first kappa shape index (κ1) is 11.6. The summed E-state index contributed by atoms with van der Waals surface area (Å²) in [5, 5.41) is 18.1. The van der Waals surface area contributed by atoms with Crippen molar-refractivity contribution >= 4 is 5.97 Å². The van der Waals surface area contributed by atoms with Crippen molar-refractivity contribution in [3.63, 3.8) is 0 Å². The summed E-state index contributed by atoms with van der Waals surface area (Å²) < 4.78 is 13.1. The molecule has 0 fully saturated rings. The van der Waals surface area contributed by atoms with Crippen LogP contribution < -0.4 is 5.73 Å². The van der Waals surface area contributed by atoms with Gasteiger partial charge in [-0.2, -0.15) is 0 Å². The third-order valence-corrected chi connectivity index (χ3v) is 2.06. The lowest BCUT2D eigenvalue weighted by molar-refractivity contribution is -0.139. The quantitative estimate of drug-likeness (QED) is 0.686. The van der Waals surface area contributed by atoms with Crippen molar-refractivity contribution in [2.45, 2.75) is 18.6 Å². The number of aliphatic carboxylic acids is 1. The molecular formula is C10H12FNO3. The third-order valence-electron chi connectivity index (χ3n) is 2.06. The topological polar surface area (TPSA) is 83.5 Å². The van der Waals surface area contributed by atoms with E-state index in [0.717, 1.165) is 0 Å². The Kier molecular flexibility index (Phi) is 3.76. The molecule has 0 radical (unpaired) electrons. The summed E-state index contributed by atoms with van der Waals surface area (Å²) in [7, 11) is 0. The molecule has 5 heteroatoms. The van der Waals surface area contributed by atoms with Gasteiger partial charge in [-0.1, -0.05) is 18.2 Å². The van der Waals surface area contributed by atoms with Gasteiger partial charge in [-0.25, -0.2) is 4.39 Å². The highest BCUT2D eigenvalue weighted by atomic mass is 19.1. The van der Waals surface area contributed by atoms with Crippen LogP contribution in [0.1, 0.15) is 18.1 Å². The van der Waals surface area contributed by atoms with Gasteiger partial charge in [0.05, 0.1) is 6.10 Å². The van der Waals surface area contributed by atoms with Crippen LogP contribution in [0.3, 0.4) is 0 Å². The van der Waals surface area contributed by atoms with Crippen LogP contribution in [0.2, 0.25) is 0 Å². The molecule has 15 heavy (non-hydrogen) atoms. The van der Waals surface area contributed by atoms with E-state index in [1.807, 2.05) is 0 Å². The van der Waals surface area contributed by atoms with Crippen molar-refractivity contribution in [2.75, 3.05) is 0 Å². The number of aliphatic hydroxyl groups excluding tert-OH is 1. The smallest absolute Gasteiger partial charge is 0.320 e. The number of halogens is 1. The molecule has 0 saturated carbocycles. The van der Waals surface area contributed by atoms with E-state index in [-0.39, 0.29) is 12.0 Å². The molecule has 2 unspecified atom stereocenters. The molecule has 0 aromatic heterocycles. The molecule has 0 saturated heterocycles. The Labute approximate surface area is 86.1 Å². The molecule has 1 aromatic rings. The summed E-state index contributed by atoms with van der Waals surface area (Å²) in [6.07, 6.45) is -1.41. The molecule has 1 aromatic carbocycles. The van der Waals surface area contributed by atoms with Crippen molar-refractivity contribution in [3.05, 3.63) is 35.6 Å². The second kappa shape index (κ2) is 4.86. The SMILES string of the molecule is NC(CC(O)c1ccccc1F)C(=O)O. The minimum Gasteiger partial charge on any atom is -0.480 e. The molecule has 0 aliphatic heterocycles. The number of aliphatic hydroxyl groups is 1. The Morgan fingerprint density at radius 1 is 1.47 bits per heavy atom. The van der Waals surface area contributed by atoms with Gasteiger partial charge in [0.2, 0.25) is 0 Å². The van der Waals surface area contributed by atoms with Crippen molar-refractivity contribution < 1.29 is 19.4 Å². The van der Waals surface area contributed by atoms with Gasteiger partial charge in [0.25, 0.3) is 0 Å². The molecule has 82 valence electrons. The van der Waals surface area contributed by atoms with E-state index in [0.29, 0.717) is 0 Å². The summed E-state index contributed by atoms with van der Waals surface area (Å²) in [4.78, 5) is 10.4. The second-order valence-electron chi connectivity index (χ2n) is 3.22. The van der Waals surface area contributed by atoms with Crippen LogP contribution in [0.25, 0.3) is 0 Å². The monoisotopic (exact) mass is 213 g/mol. The van der Waals surface area contributed by atoms with E-state index in [4.69, 9.17) is 10.8 Å². The fourth-order valence-corrected chi connectivity index (χ4v) is 1.21. The molecule has 0 spiro atoms. The molecule has 0 aliphatic rings. The maximum Gasteiger partial charge on any atom is 0.320 e. The van der Waals surface area contributed by atoms with Crippen LogP contribution in [0.4, 0.5) is 4.39 Å². The largest absolute Gasteiger partial charge is 0.480 e. The fourth-order valence-electron chi connectivity index (χ4n) is 1.21. The first-order valence-corrected chi connectivity index (χ1v) is 4.43. The zero-order valence-electron chi connectivity index (χ0n) is 7.93. The van der Waals surface area contributed by atoms with Crippen LogP contribution in [0.15, 0.2) is 24.3 Å². The van der Waals surface area contributed by atoms with Crippen LogP contribution in [-0.2, 0) is 4.79 Å². The van der Waals surface area contributed by atoms with E-state index in [2.05, 4.69) is 0 Å². The minimum atomic E-state index is -1.22. The first-order valence-electron chi connectivity index (χ1n) is 4.43. The van der Waals surface area contributed by atoms with Gasteiger partial charge in [0.15, 0.2) is 0 Å². The second-order valence-corrected chi connectivity index (χ2v) is 3.22. The third kappa shape index (κ3) is 3.00. The lowest BCUT2D eigenvalue weighted by Gasteiger charge is -2.14. The van der Waals surface area contributed by atoms with Crippen LogP contribution in [0.5, 0.6) is 0 Å². The first-order chi connectivity index (χ1) is 7.02. The summed E-state index contributed by atoms with van der Waals surface area (Å²) >= 11 is 0. The molecule has 0 amide bonds. The number of benzene rings is 1. The Morgan fingerprint density at radius 2 is 2.07 bits per heavy atom. The molecule has 2 atom stereocenters. The van der Waals surface area contributed by atoms with Crippen molar-refractivity contribution in [3.8, 4) is 0 Å². The molecule has 0 aliphatic carbocycles. The summed E-state index contributed by atoms with van der Waals surface area (Å²) in [5.74, 6) is -1.78. The van der Waals surface area contributed by atoms with Gasteiger partial charge in [0, 0.05) is 12.0 Å². The van der Waals surface area contributed by atoms with E-state index in [9.17, 15) is 14.3 Å². The highest BCUT2D eigenvalue weighted by molar-refractivity contribution is 5.73. The number of carbonyl (C=O) groups is 1. The van der Waals surface area contributed by atoms with Gasteiger partial charge in [-0.05, 0) is 6.07 Å². The lowest BCUT2D eigenvalue weighted by atomic mass is 10.0. The summed E-state index contributed by atoms with van der Waals surface area (Å²) in [6, 6.07) is 4.45. The maximum absolute atomic E-state index is 13.1. The molecule has 4 N–H and O–H groups in total. The average Bonchev–Trinajstić information content (AvgIpc) is 2.18. The van der Waals surface area contributed by atoms with Gasteiger partial charge < -0.3 is 15.9 Å². The predicted octanol–water partition coefficient (Wildman–Crippen LogP) is 0.661. The molecule has 0 bridgehead atoms. The fraction of sp³-hybridized carbons (Fsp3) is 0.300. The van der Waals surface area contributed by atoms with Gasteiger partial charge in [-0.3, -0.25) is 4.79 Å². The van der Waals surface area contributed by atoms with Crippen molar-refractivity contribution in [1.29, 1.82) is 0 Å². The standard InChI is InChI=1S/C10H12FNO3/c11-7-4-2-1-3-6(7)9(13)5-8(12)10(14)15/h1-4,8-9,13H,5,12H2,(H,14,15). The number of nitrogens with two attached hydrogens (primary N) is 1. The minimum absolute atomic E-state index is 0.0641. The Hall–Kier alpha value is -1.46. The van der Waals surface area contributed by atoms with Crippen molar-refractivity contribution in [2.24, 2.45) is 5.73 Å². The number of hydrogen-bond acceptors (Lipinski definition) is 3. The number of carboxylic acid groups (broad SMARTS) is 1. The van der Waals surface area contributed by atoms with Gasteiger partial charge in [0.1, 0.15) is 11.9 Å². The Bertz CT molecular complexity index is 356. The zero-order chi connectivity index (χ0) is 11.4. The van der Waals surface area contributed by atoms with Gasteiger partial charge in [-0.15, -0.1) is 0 Å². The zero-order valence-corrected chi connectivity index (χ0v) is 7.93. The van der Waals surface area contributed by atoms with E-state index >= 15 is 0 Å². The van der Waals surface area contributed by atoms with Crippen LogP contribution >= 0.6 is 0 Å². The summed E-state index contributed by atoms with van der Waals surface area (Å²) in [6.45, 7) is 0. The average molecular weight is 213 g/mol. The molecule has 1 rings (SSSR count). The Morgan fingerprint density at radius 3 is 2.60 bits per heavy atom. The molecule has 4 nitrogen and oxygen atoms in total. The maximum atomic E-state index is 13.1. The Balaban J connectivity index is 2.73. The lowest BCUT2D eigenvalue weighted by Crippen LogP contribution is -2.32. The van der Waals surface area contributed by atoms with E-state index in [1.165, 1.54) is 18.2 Å². The number of rotatable bonds is 4. The van der Waals surface area contributed by atoms with E-state index < -0.39 is 23.9 Å². The predicted molar refractivity (Wildman–Crippen MR) is 51.6 cm³/mol.